The van der Waals surface area contributed by atoms with Gasteiger partial charge in [0.15, 0.2) is 5.82 Å². The summed E-state index contributed by atoms with van der Waals surface area (Å²) < 4.78 is 1.51. The lowest BCUT2D eigenvalue weighted by Gasteiger charge is -2.28. The van der Waals surface area contributed by atoms with Crippen LogP contribution < -0.4 is 5.73 Å². The predicted molar refractivity (Wildman–Crippen MR) is 89.7 cm³/mol. The number of amides is 1. The molecule has 1 fully saturated rings. The smallest absolute Gasteiger partial charge is 0.226 e. The predicted octanol–water partition coefficient (Wildman–Crippen LogP) is 1.36. The molecule has 24 heavy (non-hydrogen) atoms. The molecule has 3 N–H and O–H groups in total. The molecule has 2 unspecified atom stereocenters. The number of anilines is 1. The largest absolute Gasteiger partial charge is 0.385 e. The Hall–Kier alpha value is -2.41. The number of likely N-dealkylation sites (tertiary alicyclic amines) is 1. The van der Waals surface area contributed by atoms with Crippen LogP contribution in [0.25, 0.3) is 0 Å². The van der Waals surface area contributed by atoms with Gasteiger partial charge >= 0.3 is 0 Å². The first kappa shape index (κ1) is 16.4. The summed E-state index contributed by atoms with van der Waals surface area (Å²) in [5.74, 6) is 0.804. The lowest BCUT2D eigenvalue weighted by atomic mass is 9.92. The zero-order chi connectivity index (χ0) is 17.3. The maximum atomic E-state index is 12.8. The summed E-state index contributed by atoms with van der Waals surface area (Å²) in [5, 5.41) is 15.0. The van der Waals surface area contributed by atoms with Gasteiger partial charge in [0.1, 0.15) is 0 Å². The van der Waals surface area contributed by atoms with Crippen LogP contribution in [-0.2, 0) is 17.4 Å². The molecule has 7 heteroatoms. The molecule has 0 aliphatic carbocycles. The van der Waals surface area contributed by atoms with E-state index < -0.39 is 5.60 Å². The molecule has 2 aromatic rings. The van der Waals surface area contributed by atoms with Gasteiger partial charge in [-0.05, 0) is 25.3 Å². The first-order valence-electron chi connectivity index (χ1n) is 8.12. The number of nitrogen functional groups attached to an aromatic ring is 1. The Morgan fingerprint density at radius 1 is 1.42 bits per heavy atom. The van der Waals surface area contributed by atoms with Crippen LogP contribution in [0.15, 0.2) is 30.3 Å². The lowest BCUT2D eigenvalue weighted by molar-refractivity contribution is -0.137. The molecule has 1 amide bonds. The van der Waals surface area contributed by atoms with Gasteiger partial charge in [0.25, 0.3) is 0 Å². The van der Waals surface area contributed by atoms with Crippen molar-refractivity contribution >= 4 is 11.9 Å². The maximum absolute atomic E-state index is 12.8. The van der Waals surface area contributed by atoms with Crippen molar-refractivity contribution in [2.24, 2.45) is 7.05 Å². The maximum Gasteiger partial charge on any atom is 0.226 e. The average Bonchev–Trinajstić information content (AvgIpc) is 3.15. The minimum absolute atomic E-state index is 0.0236. The van der Waals surface area contributed by atoms with Gasteiger partial charge in [0.05, 0.1) is 18.1 Å². The molecule has 7 nitrogen and oxygen atoms in total. The zero-order valence-corrected chi connectivity index (χ0v) is 14.0. The highest BCUT2D eigenvalue weighted by Gasteiger charge is 2.36. The van der Waals surface area contributed by atoms with E-state index in [1.54, 1.807) is 18.9 Å². The molecule has 1 saturated heterocycles. The van der Waals surface area contributed by atoms with E-state index >= 15 is 0 Å². The number of aryl methyl sites for hydroxylation is 1. The van der Waals surface area contributed by atoms with Crippen molar-refractivity contribution in [3.05, 3.63) is 41.7 Å². The molecule has 0 bridgehead atoms. The molecule has 3 rings (SSSR count). The van der Waals surface area contributed by atoms with E-state index in [2.05, 4.69) is 10.1 Å². The second-order valence-corrected chi connectivity index (χ2v) is 6.51. The Kier molecular flexibility index (Phi) is 4.28. The van der Waals surface area contributed by atoms with Gasteiger partial charge in [-0.3, -0.25) is 4.79 Å². The third-order valence-corrected chi connectivity index (χ3v) is 4.58. The summed E-state index contributed by atoms with van der Waals surface area (Å²) in [6.45, 7) is 2.31. The van der Waals surface area contributed by atoms with Crippen molar-refractivity contribution in [1.29, 1.82) is 0 Å². The van der Waals surface area contributed by atoms with Crippen LogP contribution in [-0.4, -0.2) is 37.2 Å². The van der Waals surface area contributed by atoms with Gasteiger partial charge in [0, 0.05) is 13.6 Å². The van der Waals surface area contributed by atoms with Crippen LogP contribution in [0.5, 0.6) is 0 Å². The second kappa shape index (κ2) is 6.24. The number of nitrogens with two attached hydrogens (primary N) is 1. The summed E-state index contributed by atoms with van der Waals surface area (Å²) in [6, 6.07) is 9.08. The molecule has 2 heterocycles. The van der Waals surface area contributed by atoms with Gasteiger partial charge < -0.3 is 15.7 Å². The van der Waals surface area contributed by atoms with Crippen molar-refractivity contribution < 1.29 is 9.90 Å². The average molecular weight is 329 g/mol. The second-order valence-electron chi connectivity index (χ2n) is 6.51. The van der Waals surface area contributed by atoms with Gasteiger partial charge in [-0.15, -0.1) is 0 Å². The molecule has 0 spiro atoms. The van der Waals surface area contributed by atoms with E-state index in [0.717, 1.165) is 18.4 Å². The minimum atomic E-state index is -1.21. The molecule has 1 aliphatic rings. The molecular formula is C17H23N5O2. The molecule has 1 aliphatic heterocycles. The Labute approximate surface area is 141 Å². The van der Waals surface area contributed by atoms with Crippen LogP contribution in [0.2, 0.25) is 0 Å². The summed E-state index contributed by atoms with van der Waals surface area (Å²) in [4.78, 5) is 18.8. The molecular weight excluding hydrogens is 306 g/mol. The highest BCUT2D eigenvalue weighted by atomic mass is 16.3. The van der Waals surface area contributed by atoms with E-state index in [1.807, 2.05) is 30.3 Å². The first-order valence-corrected chi connectivity index (χ1v) is 8.12. The number of benzene rings is 1. The monoisotopic (exact) mass is 329 g/mol. The number of carbonyl (C=O) groups excluding carboxylic acids is 1. The molecule has 128 valence electrons. The molecule has 1 aromatic heterocycles. The Bertz CT molecular complexity index is 706. The fourth-order valence-corrected chi connectivity index (χ4v) is 3.19. The Balaban J connectivity index is 1.76. The van der Waals surface area contributed by atoms with E-state index in [1.165, 1.54) is 4.68 Å². The molecule has 0 radical (unpaired) electrons. The van der Waals surface area contributed by atoms with Crippen LogP contribution >= 0.6 is 0 Å². The number of carbonyl (C=O) groups is 1. The van der Waals surface area contributed by atoms with Crippen molar-refractivity contribution in [2.75, 3.05) is 12.3 Å². The number of hydrogen-bond donors (Lipinski definition) is 2. The molecule has 1 aromatic carbocycles. The van der Waals surface area contributed by atoms with Crippen LogP contribution in [0.1, 0.15) is 43.6 Å². The van der Waals surface area contributed by atoms with E-state index in [0.29, 0.717) is 18.3 Å². The topological polar surface area (TPSA) is 97.3 Å². The Morgan fingerprint density at radius 2 is 2.12 bits per heavy atom. The zero-order valence-electron chi connectivity index (χ0n) is 14.0. The molecule has 2 atom stereocenters. The third kappa shape index (κ3) is 3.12. The summed E-state index contributed by atoms with van der Waals surface area (Å²) >= 11 is 0. The van der Waals surface area contributed by atoms with Crippen molar-refractivity contribution in [1.82, 2.24) is 19.7 Å². The van der Waals surface area contributed by atoms with E-state index in [4.69, 9.17) is 5.73 Å². The van der Waals surface area contributed by atoms with Crippen LogP contribution in [0.4, 0.5) is 5.95 Å². The van der Waals surface area contributed by atoms with Crippen molar-refractivity contribution in [3.8, 4) is 0 Å². The van der Waals surface area contributed by atoms with Crippen LogP contribution in [0, 0.1) is 0 Å². The van der Waals surface area contributed by atoms with Crippen molar-refractivity contribution in [3.63, 3.8) is 0 Å². The van der Waals surface area contributed by atoms with E-state index in [-0.39, 0.29) is 18.4 Å². The quantitative estimate of drug-likeness (QED) is 0.882. The number of hydrogen-bond acceptors (Lipinski definition) is 5. The lowest BCUT2D eigenvalue weighted by Crippen LogP contribution is -2.36. The molecule has 0 saturated carbocycles. The Morgan fingerprint density at radius 3 is 2.75 bits per heavy atom. The van der Waals surface area contributed by atoms with Crippen molar-refractivity contribution in [2.45, 2.75) is 37.8 Å². The number of aliphatic hydroxyl groups is 1. The normalized spacial score (nSPS) is 20.1. The highest BCUT2D eigenvalue weighted by Crippen LogP contribution is 2.33. The van der Waals surface area contributed by atoms with Gasteiger partial charge in [-0.25, -0.2) is 4.68 Å². The number of rotatable bonds is 4. The standard InChI is InChI=1S/C17H23N5O2/c1-17(24,12-7-4-3-5-8-12)11-14(23)22-10-6-9-13(22)15-19-16(18)21(2)20-15/h3-5,7-8,13,24H,6,9-11H2,1-2H3,(H2,18,19,20). The number of nitrogens with zero attached hydrogens (tertiary/aromatic N) is 4. The summed E-state index contributed by atoms with van der Waals surface area (Å²) in [6.07, 6.45) is 1.72. The summed E-state index contributed by atoms with van der Waals surface area (Å²) in [5.41, 5.74) is 5.28. The minimum Gasteiger partial charge on any atom is -0.385 e. The van der Waals surface area contributed by atoms with Gasteiger partial charge in [-0.1, -0.05) is 30.3 Å². The fraction of sp³-hybridized carbons (Fsp3) is 0.471. The third-order valence-electron chi connectivity index (χ3n) is 4.58. The summed E-state index contributed by atoms with van der Waals surface area (Å²) in [7, 11) is 1.73. The highest BCUT2D eigenvalue weighted by molar-refractivity contribution is 5.78. The SMILES string of the molecule is Cn1nc(C2CCCN2C(=O)CC(C)(O)c2ccccc2)nc1N. The van der Waals surface area contributed by atoms with Gasteiger partial charge in [0.2, 0.25) is 11.9 Å². The number of aromatic nitrogens is 3. The fourth-order valence-electron chi connectivity index (χ4n) is 3.19. The van der Waals surface area contributed by atoms with E-state index in [9.17, 15) is 9.90 Å². The van der Waals surface area contributed by atoms with Gasteiger partial charge in [-0.2, -0.15) is 10.1 Å². The first-order chi connectivity index (χ1) is 11.4. The van der Waals surface area contributed by atoms with Crippen LogP contribution in [0.3, 0.4) is 0 Å².